The molecule has 3 aromatic rings. The highest BCUT2D eigenvalue weighted by molar-refractivity contribution is 5.79. The van der Waals surface area contributed by atoms with Crippen LogP contribution in [0.4, 0.5) is 0 Å². The summed E-state index contributed by atoms with van der Waals surface area (Å²) in [5.74, 6) is 1.27. The molecular formula is C24H28NO6+. The third-order valence-electron chi connectivity index (χ3n) is 5.30. The summed E-state index contributed by atoms with van der Waals surface area (Å²) in [5, 5.41) is 10.7. The van der Waals surface area contributed by atoms with Gasteiger partial charge in [0.25, 0.3) is 0 Å². The fourth-order valence-corrected chi connectivity index (χ4v) is 3.82. The van der Waals surface area contributed by atoms with Crippen molar-refractivity contribution in [1.82, 2.24) is 0 Å². The molecule has 0 spiro atoms. The van der Waals surface area contributed by atoms with Crippen LogP contribution in [0.25, 0.3) is 11.0 Å². The molecule has 2 N–H and O–H groups in total. The van der Waals surface area contributed by atoms with Gasteiger partial charge in [-0.3, -0.25) is 4.79 Å². The summed E-state index contributed by atoms with van der Waals surface area (Å²) < 4.78 is 22.5. The van der Waals surface area contributed by atoms with Crippen molar-refractivity contribution in [3.8, 4) is 17.2 Å². The smallest absolute Gasteiger partial charge is 0.235 e. The van der Waals surface area contributed by atoms with E-state index in [9.17, 15) is 9.90 Å². The first-order chi connectivity index (χ1) is 15.0. The zero-order chi connectivity index (χ0) is 21.8. The SMILES string of the molecule is Cc1cc(C)cc(Oc2coc3cc(OC[C@H](O)C[NH+]4CCOCC4)ccc3c2=O)c1. The molecule has 1 saturated heterocycles. The Kier molecular flexibility index (Phi) is 6.56. The summed E-state index contributed by atoms with van der Waals surface area (Å²) >= 11 is 0. The Balaban J connectivity index is 1.43. The molecule has 7 heteroatoms. The van der Waals surface area contributed by atoms with Crippen LogP contribution in [0.3, 0.4) is 0 Å². The van der Waals surface area contributed by atoms with E-state index in [-0.39, 0.29) is 17.8 Å². The molecule has 4 rings (SSSR count). The second kappa shape index (κ2) is 9.51. The summed E-state index contributed by atoms with van der Waals surface area (Å²) in [6, 6.07) is 10.8. The second-order valence-electron chi connectivity index (χ2n) is 8.04. The van der Waals surface area contributed by atoms with Gasteiger partial charge in [0.1, 0.15) is 55.7 Å². The Labute approximate surface area is 180 Å². The number of fused-ring (bicyclic) bond motifs is 1. The van der Waals surface area contributed by atoms with Crippen LogP contribution < -0.4 is 19.8 Å². The van der Waals surface area contributed by atoms with E-state index in [1.54, 1.807) is 18.2 Å². The minimum Gasteiger partial charge on any atom is -0.491 e. The van der Waals surface area contributed by atoms with Gasteiger partial charge in [0.2, 0.25) is 11.2 Å². The van der Waals surface area contributed by atoms with Gasteiger partial charge in [0.15, 0.2) is 0 Å². The van der Waals surface area contributed by atoms with Crippen LogP contribution in [-0.2, 0) is 4.74 Å². The molecular weight excluding hydrogens is 398 g/mol. The van der Waals surface area contributed by atoms with Gasteiger partial charge in [-0.15, -0.1) is 0 Å². The van der Waals surface area contributed by atoms with Crippen molar-refractivity contribution in [3.05, 3.63) is 64.0 Å². The van der Waals surface area contributed by atoms with Gasteiger partial charge in [0.05, 0.1) is 18.6 Å². The summed E-state index contributed by atoms with van der Waals surface area (Å²) in [5.41, 5.74) is 2.27. The predicted octanol–water partition coefficient (Wildman–Crippen LogP) is 1.86. The Morgan fingerprint density at radius 3 is 2.55 bits per heavy atom. The van der Waals surface area contributed by atoms with E-state index in [0.29, 0.717) is 29.0 Å². The molecule has 1 atom stereocenters. The van der Waals surface area contributed by atoms with E-state index in [0.717, 1.165) is 37.4 Å². The molecule has 0 bridgehead atoms. The van der Waals surface area contributed by atoms with Gasteiger partial charge >= 0.3 is 0 Å². The maximum Gasteiger partial charge on any atom is 0.235 e. The largest absolute Gasteiger partial charge is 0.491 e. The number of quaternary nitrogens is 1. The summed E-state index contributed by atoms with van der Waals surface area (Å²) in [7, 11) is 0. The fraction of sp³-hybridized carbons (Fsp3) is 0.375. The van der Waals surface area contributed by atoms with E-state index in [1.165, 1.54) is 11.2 Å². The monoisotopic (exact) mass is 426 g/mol. The zero-order valence-corrected chi connectivity index (χ0v) is 17.8. The lowest BCUT2D eigenvalue weighted by atomic mass is 10.1. The first-order valence-corrected chi connectivity index (χ1v) is 10.5. The fourth-order valence-electron chi connectivity index (χ4n) is 3.82. The Hall–Kier alpha value is -2.87. The number of hydrogen-bond acceptors (Lipinski definition) is 6. The number of benzene rings is 2. The number of rotatable bonds is 7. The molecule has 0 aliphatic carbocycles. The lowest BCUT2D eigenvalue weighted by Gasteiger charge is -2.25. The van der Waals surface area contributed by atoms with Crippen molar-refractivity contribution in [2.45, 2.75) is 20.0 Å². The van der Waals surface area contributed by atoms with Crippen LogP contribution in [0.2, 0.25) is 0 Å². The standard InChI is InChI=1S/C24H27NO6/c1-16-9-17(2)11-20(10-16)31-23-15-30-22-12-19(3-4-21(22)24(23)27)29-14-18(26)13-25-5-7-28-8-6-25/h3-4,9-12,15,18,26H,5-8,13-14H2,1-2H3/p+1/t18-/m1/s1. The van der Waals surface area contributed by atoms with Crippen molar-refractivity contribution in [2.24, 2.45) is 0 Å². The molecule has 0 unspecified atom stereocenters. The predicted molar refractivity (Wildman–Crippen MR) is 116 cm³/mol. The summed E-state index contributed by atoms with van der Waals surface area (Å²) in [4.78, 5) is 14.1. The third kappa shape index (κ3) is 5.44. The molecule has 164 valence electrons. The molecule has 1 aromatic heterocycles. The average Bonchev–Trinajstić information content (AvgIpc) is 2.74. The molecule has 2 heterocycles. The lowest BCUT2D eigenvalue weighted by Crippen LogP contribution is -3.15. The van der Waals surface area contributed by atoms with E-state index < -0.39 is 6.10 Å². The van der Waals surface area contributed by atoms with Gasteiger partial charge < -0.3 is 28.6 Å². The second-order valence-corrected chi connectivity index (χ2v) is 8.04. The first kappa shape index (κ1) is 21.4. The maximum absolute atomic E-state index is 12.8. The van der Waals surface area contributed by atoms with Crippen molar-refractivity contribution in [2.75, 3.05) is 39.5 Å². The quantitative estimate of drug-likeness (QED) is 0.600. The van der Waals surface area contributed by atoms with E-state index in [1.807, 2.05) is 32.0 Å². The molecule has 1 fully saturated rings. The third-order valence-corrected chi connectivity index (χ3v) is 5.30. The van der Waals surface area contributed by atoms with Crippen LogP contribution in [0.5, 0.6) is 17.2 Å². The molecule has 0 amide bonds. The highest BCUT2D eigenvalue weighted by Crippen LogP contribution is 2.25. The van der Waals surface area contributed by atoms with Crippen molar-refractivity contribution in [1.29, 1.82) is 0 Å². The number of aryl methyl sites for hydroxylation is 2. The molecule has 2 aromatic carbocycles. The lowest BCUT2D eigenvalue weighted by molar-refractivity contribution is -0.911. The summed E-state index contributed by atoms with van der Waals surface area (Å²) in [6.45, 7) is 7.98. The molecule has 1 aliphatic rings. The van der Waals surface area contributed by atoms with Gasteiger partial charge in [0, 0.05) is 6.07 Å². The number of aliphatic hydroxyl groups excluding tert-OH is 1. The topological polar surface area (TPSA) is 82.6 Å². The van der Waals surface area contributed by atoms with Crippen LogP contribution in [-0.4, -0.2) is 50.7 Å². The first-order valence-electron chi connectivity index (χ1n) is 10.5. The molecule has 0 radical (unpaired) electrons. The van der Waals surface area contributed by atoms with Gasteiger partial charge in [-0.25, -0.2) is 0 Å². The molecule has 1 aliphatic heterocycles. The number of morpholine rings is 1. The Bertz CT molecular complexity index is 1080. The normalized spacial score (nSPS) is 15.7. The van der Waals surface area contributed by atoms with Crippen LogP contribution in [0.15, 0.2) is 51.9 Å². The molecule has 7 nitrogen and oxygen atoms in total. The van der Waals surface area contributed by atoms with E-state index in [2.05, 4.69) is 0 Å². The number of nitrogens with one attached hydrogen (secondary N) is 1. The van der Waals surface area contributed by atoms with Crippen LogP contribution >= 0.6 is 0 Å². The Morgan fingerprint density at radius 2 is 1.81 bits per heavy atom. The number of ether oxygens (including phenoxy) is 3. The minimum atomic E-state index is -0.579. The van der Waals surface area contributed by atoms with Gasteiger partial charge in [-0.05, 0) is 49.2 Å². The van der Waals surface area contributed by atoms with E-state index >= 15 is 0 Å². The minimum absolute atomic E-state index is 0.134. The van der Waals surface area contributed by atoms with E-state index in [4.69, 9.17) is 18.6 Å². The summed E-state index contributed by atoms with van der Waals surface area (Å²) in [6.07, 6.45) is 0.743. The van der Waals surface area contributed by atoms with Crippen molar-refractivity contribution in [3.63, 3.8) is 0 Å². The van der Waals surface area contributed by atoms with Crippen LogP contribution in [0, 0.1) is 13.8 Å². The maximum atomic E-state index is 12.8. The highest BCUT2D eigenvalue weighted by atomic mass is 16.5. The molecule has 0 saturated carbocycles. The van der Waals surface area contributed by atoms with Gasteiger partial charge in [-0.1, -0.05) is 6.07 Å². The highest BCUT2D eigenvalue weighted by Gasteiger charge is 2.19. The average molecular weight is 426 g/mol. The molecule has 31 heavy (non-hydrogen) atoms. The zero-order valence-electron chi connectivity index (χ0n) is 17.8. The Morgan fingerprint density at radius 1 is 1.06 bits per heavy atom. The van der Waals surface area contributed by atoms with Crippen molar-refractivity contribution >= 4 is 11.0 Å². The van der Waals surface area contributed by atoms with Crippen molar-refractivity contribution < 1.29 is 28.6 Å². The number of aliphatic hydroxyl groups is 1. The van der Waals surface area contributed by atoms with Crippen LogP contribution in [0.1, 0.15) is 11.1 Å². The van der Waals surface area contributed by atoms with Gasteiger partial charge in [-0.2, -0.15) is 0 Å². The number of hydrogen-bond donors (Lipinski definition) is 2.